The molecule has 2 aromatic heterocycles. The number of hydrogen-bond donors (Lipinski definition) is 1. The molecule has 0 bridgehead atoms. The van der Waals surface area contributed by atoms with Gasteiger partial charge in [0, 0.05) is 11.3 Å². The summed E-state index contributed by atoms with van der Waals surface area (Å²) in [5.41, 5.74) is 11.1. The van der Waals surface area contributed by atoms with E-state index in [0.29, 0.717) is 5.95 Å². The lowest BCUT2D eigenvalue weighted by molar-refractivity contribution is 0.922. The van der Waals surface area contributed by atoms with Crippen molar-refractivity contribution in [2.75, 3.05) is 5.73 Å². The van der Waals surface area contributed by atoms with Gasteiger partial charge >= 0.3 is 0 Å². The van der Waals surface area contributed by atoms with Crippen molar-refractivity contribution in [3.63, 3.8) is 0 Å². The minimum atomic E-state index is 0.306. The van der Waals surface area contributed by atoms with E-state index in [9.17, 15) is 0 Å². The van der Waals surface area contributed by atoms with Gasteiger partial charge in [-0.15, -0.1) is 5.10 Å². The summed E-state index contributed by atoms with van der Waals surface area (Å²) in [7, 11) is 0. The number of fused-ring (bicyclic) bond motifs is 1. The van der Waals surface area contributed by atoms with Crippen molar-refractivity contribution in [2.45, 2.75) is 13.8 Å². The molecule has 0 atom stereocenters. The maximum absolute atomic E-state index is 5.64. The average molecular weight is 238 g/mol. The second kappa shape index (κ2) is 3.84. The van der Waals surface area contributed by atoms with Gasteiger partial charge in [0.05, 0.1) is 0 Å². The number of benzene rings is 1. The molecule has 18 heavy (non-hydrogen) atoms. The van der Waals surface area contributed by atoms with Crippen molar-refractivity contribution >= 4 is 11.6 Å². The van der Waals surface area contributed by atoms with Gasteiger partial charge in [-0.05, 0) is 37.1 Å². The first-order valence-corrected chi connectivity index (χ1v) is 5.84. The Morgan fingerprint density at radius 1 is 1.00 bits per heavy atom. The number of aryl methyl sites for hydroxylation is 2. The first-order valence-electron chi connectivity index (χ1n) is 5.84. The molecule has 0 spiro atoms. The lowest BCUT2D eigenvalue weighted by Crippen LogP contribution is -1.98. The fourth-order valence-electron chi connectivity index (χ4n) is 2.25. The van der Waals surface area contributed by atoms with Crippen LogP contribution in [-0.2, 0) is 0 Å². The van der Waals surface area contributed by atoms with E-state index in [1.807, 2.05) is 25.1 Å². The highest BCUT2D eigenvalue weighted by atomic mass is 15.3. The van der Waals surface area contributed by atoms with Crippen LogP contribution in [0.5, 0.6) is 0 Å². The predicted molar refractivity (Wildman–Crippen MR) is 72.3 cm³/mol. The van der Waals surface area contributed by atoms with Crippen LogP contribution in [0.2, 0.25) is 0 Å². The van der Waals surface area contributed by atoms with Gasteiger partial charge in [-0.3, -0.25) is 0 Å². The van der Waals surface area contributed by atoms with Gasteiger partial charge in [0.15, 0.2) is 5.65 Å². The Hall–Kier alpha value is -2.36. The van der Waals surface area contributed by atoms with Gasteiger partial charge in [-0.25, -0.2) is 4.52 Å². The topological polar surface area (TPSA) is 56.2 Å². The van der Waals surface area contributed by atoms with Crippen molar-refractivity contribution in [2.24, 2.45) is 0 Å². The molecule has 90 valence electrons. The minimum absolute atomic E-state index is 0.306. The van der Waals surface area contributed by atoms with Gasteiger partial charge in [-0.1, -0.05) is 24.3 Å². The van der Waals surface area contributed by atoms with Crippen molar-refractivity contribution in [3.8, 4) is 11.1 Å². The van der Waals surface area contributed by atoms with E-state index in [1.165, 1.54) is 11.1 Å². The first kappa shape index (κ1) is 10.8. The van der Waals surface area contributed by atoms with Crippen LogP contribution in [0.3, 0.4) is 0 Å². The minimum Gasteiger partial charge on any atom is -0.366 e. The van der Waals surface area contributed by atoms with Crippen LogP contribution in [0, 0.1) is 13.8 Å². The van der Waals surface area contributed by atoms with E-state index in [2.05, 4.69) is 35.2 Å². The Bertz CT molecular complexity index is 728. The number of nitrogen functional groups attached to an aromatic ring is 1. The Kier molecular flexibility index (Phi) is 2.30. The molecule has 0 amide bonds. The summed E-state index contributed by atoms with van der Waals surface area (Å²) in [6.07, 6.45) is 0. The lowest BCUT2D eigenvalue weighted by atomic mass is 10.00. The Morgan fingerprint density at radius 2 is 1.78 bits per heavy atom. The number of pyridine rings is 1. The summed E-state index contributed by atoms with van der Waals surface area (Å²) < 4.78 is 1.79. The number of anilines is 1. The van der Waals surface area contributed by atoms with Crippen LogP contribution < -0.4 is 5.73 Å². The summed E-state index contributed by atoms with van der Waals surface area (Å²) in [5.74, 6) is 0.306. The first-order chi connectivity index (χ1) is 8.66. The molecule has 3 aromatic rings. The normalized spacial score (nSPS) is 11.0. The second-order valence-electron chi connectivity index (χ2n) is 4.39. The van der Waals surface area contributed by atoms with Gasteiger partial charge in [0.2, 0.25) is 5.95 Å². The van der Waals surface area contributed by atoms with E-state index in [0.717, 1.165) is 16.9 Å². The van der Waals surface area contributed by atoms with Crippen LogP contribution in [0.4, 0.5) is 5.95 Å². The molecule has 2 heterocycles. The second-order valence-corrected chi connectivity index (χ2v) is 4.39. The zero-order valence-corrected chi connectivity index (χ0v) is 10.4. The molecular weight excluding hydrogens is 224 g/mol. The summed E-state index contributed by atoms with van der Waals surface area (Å²) in [6.45, 7) is 4.14. The summed E-state index contributed by atoms with van der Waals surface area (Å²) in [4.78, 5) is 4.16. The maximum Gasteiger partial charge on any atom is 0.240 e. The molecule has 2 N–H and O–H groups in total. The highest BCUT2D eigenvalue weighted by Crippen LogP contribution is 2.26. The van der Waals surface area contributed by atoms with E-state index < -0.39 is 0 Å². The predicted octanol–water partition coefficient (Wildman–Crippen LogP) is 2.60. The third kappa shape index (κ3) is 1.54. The quantitative estimate of drug-likeness (QED) is 0.709. The van der Waals surface area contributed by atoms with Crippen LogP contribution in [-0.4, -0.2) is 14.6 Å². The van der Waals surface area contributed by atoms with Crippen molar-refractivity contribution in [1.29, 1.82) is 0 Å². The number of nitrogens with zero attached hydrogens (tertiary/aromatic N) is 3. The molecule has 0 aliphatic carbocycles. The molecule has 0 aliphatic heterocycles. The zero-order chi connectivity index (χ0) is 12.7. The molecule has 3 rings (SSSR count). The smallest absolute Gasteiger partial charge is 0.240 e. The SMILES string of the molecule is Cc1ccccc1-c1ccc2nc(N)nn2c1C. The molecule has 0 radical (unpaired) electrons. The number of nitrogens with two attached hydrogens (primary N) is 1. The molecule has 0 saturated carbocycles. The highest BCUT2D eigenvalue weighted by Gasteiger charge is 2.09. The van der Waals surface area contributed by atoms with Gasteiger partial charge in [0.1, 0.15) is 0 Å². The van der Waals surface area contributed by atoms with Crippen molar-refractivity contribution in [3.05, 3.63) is 47.7 Å². The van der Waals surface area contributed by atoms with Crippen molar-refractivity contribution < 1.29 is 0 Å². The van der Waals surface area contributed by atoms with E-state index in [1.54, 1.807) is 4.52 Å². The Morgan fingerprint density at radius 3 is 2.56 bits per heavy atom. The van der Waals surface area contributed by atoms with Crippen LogP contribution >= 0.6 is 0 Å². The van der Waals surface area contributed by atoms with E-state index in [-0.39, 0.29) is 0 Å². The molecule has 4 heteroatoms. The third-order valence-corrected chi connectivity index (χ3v) is 3.19. The van der Waals surface area contributed by atoms with Crippen LogP contribution in [0.25, 0.3) is 16.8 Å². The number of hydrogen-bond acceptors (Lipinski definition) is 3. The molecule has 0 unspecified atom stereocenters. The Balaban J connectivity index is 2.30. The van der Waals surface area contributed by atoms with E-state index >= 15 is 0 Å². The molecule has 1 aromatic carbocycles. The summed E-state index contributed by atoms with van der Waals surface area (Å²) >= 11 is 0. The maximum atomic E-state index is 5.64. The molecule has 0 fully saturated rings. The number of rotatable bonds is 1. The summed E-state index contributed by atoms with van der Waals surface area (Å²) in [5, 5.41) is 4.21. The van der Waals surface area contributed by atoms with Gasteiger partial charge < -0.3 is 5.73 Å². The average Bonchev–Trinajstić information content (AvgIpc) is 2.73. The molecule has 0 saturated heterocycles. The zero-order valence-electron chi connectivity index (χ0n) is 10.4. The van der Waals surface area contributed by atoms with E-state index in [4.69, 9.17) is 5.73 Å². The van der Waals surface area contributed by atoms with Crippen LogP contribution in [0.15, 0.2) is 36.4 Å². The largest absolute Gasteiger partial charge is 0.366 e. The molecule has 4 nitrogen and oxygen atoms in total. The molecule has 0 aliphatic rings. The monoisotopic (exact) mass is 238 g/mol. The lowest BCUT2D eigenvalue weighted by Gasteiger charge is -2.09. The fraction of sp³-hybridized carbons (Fsp3) is 0.143. The van der Waals surface area contributed by atoms with Gasteiger partial charge in [-0.2, -0.15) is 4.98 Å². The highest BCUT2D eigenvalue weighted by molar-refractivity contribution is 5.71. The standard InChI is InChI=1S/C14H14N4/c1-9-5-3-4-6-11(9)12-7-8-13-16-14(15)17-18(13)10(12)2/h3-8H,1-2H3,(H2,15,17). The Labute approximate surface area is 105 Å². The third-order valence-electron chi connectivity index (χ3n) is 3.19. The molecular formula is C14H14N4. The fourth-order valence-corrected chi connectivity index (χ4v) is 2.25. The number of aromatic nitrogens is 3. The van der Waals surface area contributed by atoms with Crippen LogP contribution in [0.1, 0.15) is 11.3 Å². The summed E-state index contributed by atoms with van der Waals surface area (Å²) in [6, 6.07) is 12.3. The van der Waals surface area contributed by atoms with Gasteiger partial charge in [0.25, 0.3) is 0 Å². The van der Waals surface area contributed by atoms with Crippen molar-refractivity contribution in [1.82, 2.24) is 14.6 Å².